The number of hydrogen-bond acceptors (Lipinski definition) is 3. The first-order chi connectivity index (χ1) is 11.6. The van der Waals surface area contributed by atoms with E-state index in [0.717, 1.165) is 12.0 Å². The summed E-state index contributed by atoms with van der Waals surface area (Å²) >= 11 is 5.16. The number of rotatable bonds is 7. The van der Waals surface area contributed by atoms with Gasteiger partial charge in [0.1, 0.15) is 0 Å². The third kappa shape index (κ3) is 5.94. The number of aliphatic hydroxyl groups is 1. The standard InChI is InChI=1S/C18H25N3O2S/c1-14-12-16(20-18(24)19-14)13-17(23)21(10-11-22)9-5-8-15-6-3-2-4-7-15/h2-8,14,16,22H,9-13H2,1H3,(H2,19,20,24)/b8-5+/t14-,16+/m1/s1. The summed E-state index contributed by atoms with van der Waals surface area (Å²) < 4.78 is 0. The van der Waals surface area contributed by atoms with Crippen molar-refractivity contribution in [2.75, 3.05) is 19.7 Å². The van der Waals surface area contributed by atoms with E-state index in [1.807, 2.05) is 42.5 Å². The molecule has 1 heterocycles. The van der Waals surface area contributed by atoms with Gasteiger partial charge in [-0.3, -0.25) is 4.79 Å². The molecule has 3 N–H and O–H groups in total. The molecule has 2 atom stereocenters. The topological polar surface area (TPSA) is 64.6 Å². The average molecular weight is 347 g/mol. The van der Waals surface area contributed by atoms with Crippen molar-refractivity contribution < 1.29 is 9.90 Å². The lowest BCUT2D eigenvalue weighted by Gasteiger charge is -2.32. The highest BCUT2D eigenvalue weighted by molar-refractivity contribution is 7.80. The maximum absolute atomic E-state index is 12.5. The van der Waals surface area contributed by atoms with Gasteiger partial charge in [-0.15, -0.1) is 0 Å². The van der Waals surface area contributed by atoms with Crippen molar-refractivity contribution in [2.45, 2.75) is 31.8 Å². The Morgan fingerprint density at radius 2 is 2.12 bits per heavy atom. The predicted octanol–water partition coefficient (Wildman–Crippen LogP) is 1.54. The zero-order chi connectivity index (χ0) is 17.4. The van der Waals surface area contributed by atoms with Crippen LogP contribution in [0.5, 0.6) is 0 Å². The van der Waals surface area contributed by atoms with Crippen LogP contribution in [0.2, 0.25) is 0 Å². The zero-order valence-electron chi connectivity index (χ0n) is 13.9. The molecule has 0 saturated carbocycles. The van der Waals surface area contributed by atoms with Gasteiger partial charge < -0.3 is 20.6 Å². The molecule has 5 nitrogen and oxygen atoms in total. The van der Waals surface area contributed by atoms with E-state index in [4.69, 9.17) is 12.2 Å². The Hall–Kier alpha value is -1.92. The highest BCUT2D eigenvalue weighted by atomic mass is 32.1. The number of nitrogens with zero attached hydrogens (tertiary/aromatic N) is 1. The molecule has 24 heavy (non-hydrogen) atoms. The molecule has 1 aliphatic heterocycles. The monoisotopic (exact) mass is 347 g/mol. The molecule has 1 saturated heterocycles. The Bertz CT molecular complexity index is 577. The minimum absolute atomic E-state index is 0.0242. The van der Waals surface area contributed by atoms with Gasteiger partial charge >= 0.3 is 0 Å². The van der Waals surface area contributed by atoms with Crippen molar-refractivity contribution in [2.24, 2.45) is 0 Å². The summed E-state index contributed by atoms with van der Waals surface area (Å²) in [5.74, 6) is 0.0242. The number of hydrogen-bond donors (Lipinski definition) is 3. The molecule has 0 unspecified atom stereocenters. The van der Waals surface area contributed by atoms with Crippen LogP contribution in [0.25, 0.3) is 6.08 Å². The molecule has 0 bridgehead atoms. The van der Waals surface area contributed by atoms with E-state index < -0.39 is 0 Å². The molecule has 0 radical (unpaired) electrons. The van der Waals surface area contributed by atoms with Gasteiger partial charge in [-0.2, -0.15) is 0 Å². The quantitative estimate of drug-likeness (QED) is 0.653. The molecular weight excluding hydrogens is 322 g/mol. The SMILES string of the molecule is C[C@@H]1C[C@@H](CC(=O)N(C/C=C/c2ccccc2)CCO)NC(=S)N1. The minimum atomic E-state index is -0.0423. The van der Waals surface area contributed by atoms with Crippen LogP contribution in [-0.2, 0) is 4.79 Å². The highest BCUT2D eigenvalue weighted by Gasteiger charge is 2.24. The van der Waals surface area contributed by atoms with E-state index in [1.165, 1.54) is 0 Å². The van der Waals surface area contributed by atoms with Gasteiger partial charge in [-0.05, 0) is 31.1 Å². The smallest absolute Gasteiger partial charge is 0.224 e. The van der Waals surface area contributed by atoms with Gasteiger partial charge in [-0.25, -0.2) is 0 Å². The first-order valence-electron chi connectivity index (χ1n) is 8.25. The summed E-state index contributed by atoms with van der Waals surface area (Å²) in [4.78, 5) is 14.2. The first kappa shape index (κ1) is 18.4. The van der Waals surface area contributed by atoms with Crippen LogP contribution in [0, 0.1) is 0 Å². The van der Waals surface area contributed by atoms with Gasteiger partial charge in [0.05, 0.1) is 6.61 Å². The average Bonchev–Trinajstić information content (AvgIpc) is 2.54. The fourth-order valence-corrected chi connectivity index (χ4v) is 3.16. The molecule has 1 amide bonds. The normalized spacial score (nSPS) is 20.5. The summed E-state index contributed by atoms with van der Waals surface area (Å²) in [5.41, 5.74) is 1.09. The molecular formula is C18H25N3O2S. The summed E-state index contributed by atoms with van der Waals surface area (Å²) in [6.45, 7) is 2.83. The molecule has 0 spiro atoms. The van der Waals surface area contributed by atoms with Crippen molar-refractivity contribution in [3.05, 3.63) is 42.0 Å². The third-order valence-electron chi connectivity index (χ3n) is 3.93. The summed E-state index contributed by atoms with van der Waals surface area (Å²) in [5, 5.41) is 16.1. The lowest BCUT2D eigenvalue weighted by Crippen LogP contribution is -2.54. The van der Waals surface area contributed by atoms with E-state index >= 15 is 0 Å². The van der Waals surface area contributed by atoms with Gasteiger partial charge in [0.15, 0.2) is 5.11 Å². The van der Waals surface area contributed by atoms with Crippen molar-refractivity contribution in [1.29, 1.82) is 0 Å². The van der Waals surface area contributed by atoms with E-state index in [0.29, 0.717) is 24.6 Å². The fourth-order valence-electron chi connectivity index (χ4n) is 2.79. The van der Waals surface area contributed by atoms with Gasteiger partial charge in [0, 0.05) is 31.6 Å². The number of nitrogens with one attached hydrogen (secondary N) is 2. The highest BCUT2D eigenvalue weighted by Crippen LogP contribution is 2.10. The van der Waals surface area contributed by atoms with Crippen molar-refractivity contribution in [3.8, 4) is 0 Å². The van der Waals surface area contributed by atoms with Crippen LogP contribution in [-0.4, -0.2) is 52.8 Å². The molecule has 1 fully saturated rings. The second-order valence-electron chi connectivity index (χ2n) is 6.03. The van der Waals surface area contributed by atoms with Gasteiger partial charge in [-0.1, -0.05) is 42.5 Å². The van der Waals surface area contributed by atoms with Crippen LogP contribution in [0.3, 0.4) is 0 Å². The van der Waals surface area contributed by atoms with Crippen LogP contribution < -0.4 is 10.6 Å². The number of carbonyl (C=O) groups excluding carboxylic acids is 1. The number of carbonyl (C=O) groups is 1. The predicted molar refractivity (Wildman–Crippen MR) is 100 cm³/mol. The molecule has 1 aromatic rings. The zero-order valence-corrected chi connectivity index (χ0v) is 14.8. The second kappa shape index (κ2) is 9.39. The van der Waals surface area contributed by atoms with Crippen molar-refractivity contribution >= 4 is 29.3 Å². The van der Waals surface area contributed by atoms with Crippen LogP contribution >= 0.6 is 12.2 Å². The molecule has 2 rings (SSSR count). The number of benzene rings is 1. The molecule has 130 valence electrons. The van der Waals surface area contributed by atoms with E-state index in [1.54, 1.807) is 4.90 Å². The summed E-state index contributed by atoms with van der Waals surface area (Å²) in [7, 11) is 0. The first-order valence-corrected chi connectivity index (χ1v) is 8.66. The summed E-state index contributed by atoms with van der Waals surface area (Å²) in [6, 6.07) is 10.2. The third-order valence-corrected chi connectivity index (χ3v) is 4.17. The summed E-state index contributed by atoms with van der Waals surface area (Å²) in [6.07, 6.45) is 5.16. The lowest BCUT2D eigenvalue weighted by molar-refractivity contribution is -0.131. The Kier molecular flexibility index (Phi) is 7.21. The maximum Gasteiger partial charge on any atom is 0.224 e. The van der Waals surface area contributed by atoms with E-state index in [2.05, 4.69) is 17.6 Å². The Labute approximate surface area is 148 Å². The number of amides is 1. The van der Waals surface area contributed by atoms with Crippen LogP contribution in [0.15, 0.2) is 36.4 Å². The van der Waals surface area contributed by atoms with Crippen LogP contribution in [0.4, 0.5) is 0 Å². The largest absolute Gasteiger partial charge is 0.395 e. The second-order valence-corrected chi connectivity index (χ2v) is 6.44. The Morgan fingerprint density at radius 1 is 1.38 bits per heavy atom. The molecule has 1 aliphatic rings. The van der Waals surface area contributed by atoms with Crippen LogP contribution in [0.1, 0.15) is 25.3 Å². The molecule has 0 aromatic heterocycles. The molecule has 6 heteroatoms. The van der Waals surface area contributed by atoms with E-state index in [9.17, 15) is 9.90 Å². The minimum Gasteiger partial charge on any atom is -0.395 e. The van der Waals surface area contributed by atoms with Gasteiger partial charge in [0.2, 0.25) is 5.91 Å². The van der Waals surface area contributed by atoms with Crippen molar-refractivity contribution in [1.82, 2.24) is 15.5 Å². The molecule has 1 aromatic carbocycles. The Balaban J connectivity index is 1.90. The Morgan fingerprint density at radius 3 is 2.79 bits per heavy atom. The lowest BCUT2D eigenvalue weighted by atomic mass is 10.0. The molecule has 0 aliphatic carbocycles. The van der Waals surface area contributed by atoms with Gasteiger partial charge in [0.25, 0.3) is 0 Å². The number of thiocarbonyl (C=S) groups is 1. The van der Waals surface area contributed by atoms with E-state index in [-0.39, 0.29) is 24.6 Å². The number of aliphatic hydroxyl groups excluding tert-OH is 1. The fraction of sp³-hybridized carbons (Fsp3) is 0.444. The van der Waals surface area contributed by atoms with Crippen molar-refractivity contribution in [3.63, 3.8) is 0 Å². The maximum atomic E-state index is 12.5.